The highest BCUT2D eigenvalue weighted by Gasteiger charge is 2.21. The molecule has 0 amide bonds. The van der Waals surface area contributed by atoms with Crippen LogP contribution >= 0.6 is 0 Å². The van der Waals surface area contributed by atoms with Gasteiger partial charge in [0.05, 0.1) is 11.0 Å². The van der Waals surface area contributed by atoms with Gasteiger partial charge >= 0.3 is 0 Å². The van der Waals surface area contributed by atoms with Crippen LogP contribution in [0.2, 0.25) is 0 Å². The molecule has 0 bridgehead atoms. The second-order valence-electron chi connectivity index (χ2n) is 5.38. The second kappa shape index (κ2) is 7.39. The van der Waals surface area contributed by atoms with E-state index in [1.807, 2.05) is 13.0 Å². The maximum absolute atomic E-state index is 13.7. The SMILES string of the molecule is Cc1ccc(S(=O)(=O)N(C)C/C(C#N)=C/c2ccccc2F)cc1. The molecule has 0 aromatic heterocycles. The maximum atomic E-state index is 13.7. The molecule has 24 heavy (non-hydrogen) atoms. The van der Waals surface area contributed by atoms with Crippen LogP contribution in [0.15, 0.2) is 59.0 Å². The molecule has 2 aromatic rings. The van der Waals surface area contributed by atoms with E-state index in [0.717, 1.165) is 9.87 Å². The summed E-state index contributed by atoms with van der Waals surface area (Å²) < 4.78 is 39.8. The summed E-state index contributed by atoms with van der Waals surface area (Å²) >= 11 is 0. The Morgan fingerprint density at radius 2 is 1.83 bits per heavy atom. The Hall–Kier alpha value is -2.49. The van der Waals surface area contributed by atoms with Gasteiger partial charge in [0, 0.05) is 24.7 Å². The first kappa shape index (κ1) is 17.9. The van der Waals surface area contributed by atoms with Crippen LogP contribution in [-0.2, 0) is 10.0 Å². The standard InChI is InChI=1S/C18H17FN2O2S/c1-14-7-9-17(10-8-14)24(22,23)21(2)13-15(12-20)11-16-5-3-4-6-18(16)19/h3-11H,13H2,1-2H3/b15-11+. The fourth-order valence-electron chi connectivity index (χ4n) is 2.11. The number of benzene rings is 2. The van der Waals surface area contributed by atoms with E-state index in [1.54, 1.807) is 24.3 Å². The highest BCUT2D eigenvalue weighted by atomic mass is 32.2. The molecule has 4 nitrogen and oxygen atoms in total. The van der Waals surface area contributed by atoms with Gasteiger partial charge in [-0.15, -0.1) is 0 Å². The lowest BCUT2D eigenvalue weighted by Gasteiger charge is -2.17. The molecule has 0 heterocycles. The first-order valence-corrected chi connectivity index (χ1v) is 8.67. The van der Waals surface area contributed by atoms with Crippen LogP contribution in [-0.4, -0.2) is 26.3 Å². The third kappa shape index (κ3) is 4.07. The lowest BCUT2D eigenvalue weighted by molar-refractivity contribution is 0.496. The van der Waals surface area contributed by atoms with Crippen molar-refractivity contribution in [2.45, 2.75) is 11.8 Å². The van der Waals surface area contributed by atoms with Gasteiger partial charge in [-0.3, -0.25) is 0 Å². The predicted octanol–water partition coefficient (Wildman–Crippen LogP) is 3.36. The summed E-state index contributed by atoms with van der Waals surface area (Å²) in [4.78, 5) is 0.152. The third-order valence-electron chi connectivity index (χ3n) is 3.50. The molecular formula is C18H17FN2O2S. The summed E-state index contributed by atoms with van der Waals surface area (Å²) in [6.45, 7) is 1.73. The van der Waals surface area contributed by atoms with E-state index in [4.69, 9.17) is 0 Å². The third-order valence-corrected chi connectivity index (χ3v) is 5.32. The van der Waals surface area contributed by atoms with Crippen molar-refractivity contribution < 1.29 is 12.8 Å². The van der Waals surface area contributed by atoms with E-state index < -0.39 is 15.8 Å². The molecule has 0 unspecified atom stereocenters. The largest absolute Gasteiger partial charge is 0.243 e. The van der Waals surface area contributed by atoms with Crippen molar-refractivity contribution in [3.63, 3.8) is 0 Å². The number of halogens is 1. The minimum atomic E-state index is -3.72. The van der Waals surface area contributed by atoms with E-state index >= 15 is 0 Å². The minimum Gasteiger partial charge on any atom is -0.207 e. The van der Waals surface area contributed by atoms with E-state index in [-0.39, 0.29) is 22.6 Å². The van der Waals surface area contributed by atoms with E-state index in [2.05, 4.69) is 0 Å². The van der Waals surface area contributed by atoms with Crippen molar-refractivity contribution in [1.82, 2.24) is 4.31 Å². The van der Waals surface area contributed by atoms with E-state index in [1.165, 1.54) is 37.4 Å². The zero-order chi connectivity index (χ0) is 17.7. The van der Waals surface area contributed by atoms with Crippen LogP contribution in [0.1, 0.15) is 11.1 Å². The average Bonchev–Trinajstić information content (AvgIpc) is 2.56. The van der Waals surface area contributed by atoms with Gasteiger partial charge in [-0.25, -0.2) is 12.8 Å². The second-order valence-corrected chi connectivity index (χ2v) is 7.42. The lowest BCUT2D eigenvalue weighted by atomic mass is 10.1. The van der Waals surface area contributed by atoms with Crippen molar-refractivity contribution in [2.75, 3.05) is 13.6 Å². The Morgan fingerprint density at radius 1 is 1.21 bits per heavy atom. The summed E-state index contributed by atoms with van der Waals surface area (Å²) in [5, 5.41) is 9.24. The number of nitrogens with zero attached hydrogens (tertiary/aromatic N) is 2. The van der Waals surface area contributed by atoms with Crippen molar-refractivity contribution >= 4 is 16.1 Å². The van der Waals surface area contributed by atoms with Gasteiger partial charge in [-0.1, -0.05) is 35.9 Å². The van der Waals surface area contributed by atoms with Crippen LogP contribution in [0.25, 0.3) is 6.08 Å². The number of aryl methyl sites for hydroxylation is 1. The molecule has 0 N–H and O–H groups in total. The number of nitriles is 1. The molecule has 0 radical (unpaired) electrons. The Balaban J connectivity index is 2.26. The van der Waals surface area contributed by atoms with Crippen molar-refractivity contribution in [1.29, 1.82) is 5.26 Å². The first-order chi connectivity index (χ1) is 11.3. The molecule has 0 saturated heterocycles. The fourth-order valence-corrected chi connectivity index (χ4v) is 3.26. The first-order valence-electron chi connectivity index (χ1n) is 7.23. The van der Waals surface area contributed by atoms with Gasteiger partial charge in [0.25, 0.3) is 0 Å². The Morgan fingerprint density at radius 3 is 2.42 bits per heavy atom. The van der Waals surface area contributed by atoms with Crippen molar-refractivity contribution in [3.05, 3.63) is 71.0 Å². The zero-order valence-electron chi connectivity index (χ0n) is 13.4. The smallest absolute Gasteiger partial charge is 0.207 e. The number of likely N-dealkylation sites (N-methyl/N-ethyl adjacent to an activating group) is 1. The van der Waals surface area contributed by atoms with Gasteiger partial charge in [0.15, 0.2) is 0 Å². The Bertz CT molecular complexity index is 897. The van der Waals surface area contributed by atoms with Crippen molar-refractivity contribution in [3.8, 4) is 6.07 Å². The quantitative estimate of drug-likeness (QED) is 0.782. The summed E-state index contributed by atoms with van der Waals surface area (Å²) in [6, 6.07) is 14.4. The Kier molecular flexibility index (Phi) is 5.50. The molecule has 0 spiro atoms. The van der Waals surface area contributed by atoms with Gasteiger partial charge in [-0.05, 0) is 31.2 Å². The van der Waals surface area contributed by atoms with Crippen LogP contribution in [0.4, 0.5) is 4.39 Å². The van der Waals surface area contributed by atoms with Crippen LogP contribution < -0.4 is 0 Å². The molecule has 0 aliphatic rings. The summed E-state index contributed by atoms with van der Waals surface area (Å²) in [5.41, 5.74) is 1.35. The van der Waals surface area contributed by atoms with Crippen LogP contribution in [0.3, 0.4) is 0 Å². The van der Waals surface area contributed by atoms with Gasteiger partial charge in [0.2, 0.25) is 10.0 Å². The summed E-state index contributed by atoms with van der Waals surface area (Å²) in [7, 11) is -2.33. The van der Waals surface area contributed by atoms with Gasteiger partial charge in [-0.2, -0.15) is 9.57 Å². The molecule has 0 atom stereocenters. The number of sulfonamides is 1. The summed E-state index contributed by atoms with van der Waals surface area (Å²) in [6.07, 6.45) is 1.36. The lowest BCUT2D eigenvalue weighted by Crippen LogP contribution is -2.28. The molecule has 2 rings (SSSR count). The molecule has 0 aliphatic heterocycles. The molecule has 124 valence electrons. The minimum absolute atomic E-state index is 0.138. The van der Waals surface area contributed by atoms with Crippen molar-refractivity contribution in [2.24, 2.45) is 0 Å². The normalized spacial score (nSPS) is 12.2. The average molecular weight is 344 g/mol. The molecule has 0 aliphatic carbocycles. The highest BCUT2D eigenvalue weighted by Crippen LogP contribution is 2.17. The maximum Gasteiger partial charge on any atom is 0.243 e. The molecular weight excluding hydrogens is 327 g/mol. The molecule has 6 heteroatoms. The van der Waals surface area contributed by atoms with Crippen LogP contribution in [0, 0.1) is 24.1 Å². The van der Waals surface area contributed by atoms with Gasteiger partial charge < -0.3 is 0 Å². The summed E-state index contributed by atoms with van der Waals surface area (Å²) in [5.74, 6) is -0.464. The molecule has 0 fully saturated rings. The number of rotatable bonds is 5. The topological polar surface area (TPSA) is 61.2 Å². The monoisotopic (exact) mass is 344 g/mol. The highest BCUT2D eigenvalue weighted by molar-refractivity contribution is 7.89. The van der Waals surface area contributed by atoms with E-state index in [9.17, 15) is 18.1 Å². The molecule has 0 saturated carbocycles. The number of hydrogen-bond acceptors (Lipinski definition) is 3. The number of hydrogen-bond donors (Lipinski definition) is 0. The van der Waals surface area contributed by atoms with Gasteiger partial charge in [0.1, 0.15) is 5.82 Å². The van der Waals surface area contributed by atoms with Crippen LogP contribution in [0.5, 0.6) is 0 Å². The molecule has 2 aromatic carbocycles. The zero-order valence-corrected chi connectivity index (χ0v) is 14.2. The Labute approximate surface area is 141 Å². The predicted molar refractivity (Wildman–Crippen MR) is 91.0 cm³/mol. The van der Waals surface area contributed by atoms with E-state index in [0.29, 0.717) is 0 Å². The fraction of sp³-hybridized carbons (Fsp3) is 0.167.